The zero-order valence-electron chi connectivity index (χ0n) is 13.3. The molecule has 1 aliphatic carbocycles. The van der Waals surface area contributed by atoms with Crippen LogP contribution in [0.25, 0.3) is 0 Å². The molecule has 1 aliphatic rings. The molecule has 2 heteroatoms. The summed E-state index contributed by atoms with van der Waals surface area (Å²) in [4.78, 5) is 0. The first kappa shape index (κ1) is 15.5. The standard InChI is InChI=1S/C18H30N2/c1-13-10-15(3)17(11-14(13)2)18(20-19)12-16-8-6-4-5-7-9-16/h10-11,16,18,20H,4-9,12,19H2,1-3H3. The molecule has 0 saturated heterocycles. The molecule has 0 amide bonds. The van der Waals surface area contributed by atoms with Gasteiger partial charge in [0.05, 0.1) is 0 Å². The van der Waals surface area contributed by atoms with Gasteiger partial charge in [-0.25, -0.2) is 0 Å². The van der Waals surface area contributed by atoms with Crippen molar-refractivity contribution in [3.05, 3.63) is 34.4 Å². The van der Waals surface area contributed by atoms with Crippen LogP contribution in [0.5, 0.6) is 0 Å². The molecule has 0 aromatic heterocycles. The van der Waals surface area contributed by atoms with Gasteiger partial charge in [-0.15, -0.1) is 0 Å². The van der Waals surface area contributed by atoms with Crippen LogP contribution in [-0.4, -0.2) is 0 Å². The Balaban J connectivity index is 2.13. The molecule has 0 bridgehead atoms. The molecule has 3 N–H and O–H groups in total. The molecule has 1 saturated carbocycles. The molecule has 112 valence electrons. The van der Waals surface area contributed by atoms with Crippen molar-refractivity contribution in [1.29, 1.82) is 0 Å². The Labute approximate surface area is 124 Å². The molecule has 1 aromatic rings. The smallest absolute Gasteiger partial charge is 0.0465 e. The molecule has 0 heterocycles. The summed E-state index contributed by atoms with van der Waals surface area (Å²) < 4.78 is 0. The van der Waals surface area contributed by atoms with Gasteiger partial charge >= 0.3 is 0 Å². The molecule has 1 atom stereocenters. The van der Waals surface area contributed by atoms with E-state index in [1.807, 2.05) is 0 Å². The molecule has 1 aromatic carbocycles. The number of hydrogen-bond acceptors (Lipinski definition) is 2. The summed E-state index contributed by atoms with van der Waals surface area (Å²) in [6.45, 7) is 6.58. The minimum absolute atomic E-state index is 0.303. The maximum absolute atomic E-state index is 5.87. The van der Waals surface area contributed by atoms with Crippen molar-refractivity contribution in [1.82, 2.24) is 5.43 Å². The monoisotopic (exact) mass is 274 g/mol. The van der Waals surface area contributed by atoms with E-state index in [1.165, 1.54) is 67.2 Å². The Morgan fingerprint density at radius 1 is 1.00 bits per heavy atom. The predicted octanol–water partition coefficient (Wildman–Crippen LogP) is 4.48. The van der Waals surface area contributed by atoms with Crippen LogP contribution >= 0.6 is 0 Å². The number of benzene rings is 1. The lowest BCUT2D eigenvalue weighted by atomic mass is 9.87. The summed E-state index contributed by atoms with van der Waals surface area (Å²) in [7, 11) is 0. The van der Waals surface area contributed by atoms with Gasteiger partial charge in [-0.1, -0.05) is 50.7 Å². The predicted molar refractivity (Wildman–Crippen MR) is 86.5 cm³/mol. The van der Waals surface area contributed by atoms with E-state index in [-0.39, 0.29) is 0 Å². The fourth-order valence-corrected chi connectivity index (χ4v) is 3.58. The SMILES string of the molecule is Cc1cc(C)c(C(CC2CCCCCC2)NN)cc1C. The number of hydrogen-bond donors (Lipinski definition) is 2. The van der Waals surface area contributed by atoms with Crippen LogP contribution in [0.4, 0.5) is 0 Å². The molecule has 1 fully saturated rings. The average Bonchev–Trinajstić information content (AvgIpc) is 2.69. The average molecular weight is 274 g/mol. The van der Waals surface area contributed by atoms with Crippen LogP contribution in [0.1, 0.15) is 73.2 Å². The normalized spacial score (nSPS) is 18.8. The maximum atomic E-state index is 5.87. The summed E-state index contributed by atoms with van der Waals surface area (Å²) in [5.41, 5.74) is 8.57. The van der Waals surface area contributed by atoms with Crippen molar-refractivity contribution in [2.75, 3.05) is 0 Å². The number of nitrogens with two attached hydrogens (primary N) is 1. The van der Waals surface area contributed by atoms with Gasteiger partial charge < -0.3 is 0 Å². The van der Waals surface area contributed by atoms with Gasteiger partial charge in [-0.2, -0.15) is 0 Å². The van der Waals surface area contributed by atoms with Crippen LogP contribution in [0.2, 0.25) is 0 Å². The van der Waals surface area contributed by atoms with Crippen molar-refractivity contribution < 1.29 is 0 Å². The van der Waals surface area contributed by atoms with E-state index in [9.17, 15) is 0 Å². The van der Waals surface area contributed by atoms with E-state index in [0.29, 0.717) is 6.04 Å². The third-order valence-corrected chi connectivity index (χ3v) is 5.00. The van der Waals surface area contributed by atoms with Crippen LogP contribution in [0.15, 0.2) is 12.1 Å². The Morgan fingerprint density at radius 3 is 2.20 bits per heavy atom. The molecular formula is C18H30N2. The van der Waals surface area contributed by atoms with Gasteiger partial charge in [0, 0.05) is 6.04 Å². The van der Waals surface area contributed by atoms with Gasteiger partial charge in [-0.3, -0.25) is 11.3 Å². The Morgan fingerprint density at radius 2 is 1.60 bits per heavy atom. The van der Waals surface area contributed by atoms with Gasteiger partial charge in [0.25, 0.3) is 0 Å². The van der Waals surface area contributed by atoms with Crippen LogP contribution in [-0.2, 0) is 0 Å². The lowest BCUT2D eigenvalue weighted by Gasteiger charge is -2.24. The van der Waals surface area contributed by atoms with Crippen molar-refractivity contribution >= 4 is 0 Å². The molecule has 1 unspecified atom stereocenters. The first-order valence-corrected chi connectivity index (χ1v) is 8.15. The minimum atomic E-state index is 0.303. The van der Waals surface area contributed by atoms with E-state index < -0.39 is 0 Å². The van der Waals surface area contributed by atoms with Crippen molar-refractivity contribution in [2.24, 2.45) is 11.8 Å². The van der Waals surface area contributed by atoms with Gasteiger partial charge in [-0.05, 0) is 55.4 Å². The van der Waals surface area contributed by atoms with Gasteiger partial charge in [0.2, 0.25) is 0 Å². The molecule has 0 spiro atoms. The third kappa shape index (κ3) is 3.83. The van der Waals surface area contributed by atoms with Gasteiger partial charge in [0.15, 0.2) is 0 Å². The first-order chi connectivity index (χ1) is 9.61. The van der Waals surface area contributed by atoms with Crippen LogP contribution in [0.3, 0.4) is 0 Å². The second-order valence-corrected chi connectivity index (χ2v) is 6.61. The topological polar surface area (TPSA) is 38.0 Å². The zero-order chi connectivity index (χ0) is 14.5. The number of rotatable bonds is 4. The van der Waals surface area contributed by atoms with Crippen LogP contribution < -0.4 is 11.3 Å². The maximum Gasteiger partial charge on any atom is 0.0465 e. The van der Waals surface area contributed by atoms with E-state index in [2.05, 4.69) is 38.3 Å². The van der Waals surface area contributed by atoms with E-state index >= 15 is 0 Å². The first-order valence-electron chi connectivity index (χ1n) is 8.15. The van der Waals surface area contributed by atoms with E-state index in [1.54, 1.807) is 0 Å². The summed E-state index contributed by atoms with van der Waals surface area (Å²) in [6.07, 6.45) is 9.56. The number of nitrogens with one attached hydrogen (secondary N) is 1. The van der Waals surface area contributed by atoms with Crippen molar-refractivity contribution in [2.45, 2.75) is 71.8 Å². The summed E-state index contributed by atoms with van der Waals surface area (Å²) in [5.74, 6) is 6.70. The third-order valence-electron chi connectivity index (χ3n) is 5.00. The Bertz CT molecular complexity index is 431. The van der Waals surface area contributed by atoms with Crippen molar-refractivity contribution in [3.8, 4) is 0 Å². The Kier molecular flexibility index (Phi) is 5.62. The Hall–Kier alpha value is -0.860. The van der Waals surface area contributed by atoms with Crippen molar-refractivity contribution in [3.63, 3.8) is 0 Å². The summed E-state index contributed by atoms with van der Waals surface area (Å²) in [6, 6.07) is 4.92. The second-order valence-electron chi connectivity index (χ2n) is 6.61. The highest BCUT2D eigenvalue weighted by molar-refractivity contribution is 5.38. The van der Waals surface area contributed by atoms with Gasteiger partial charge in [0.1, 0.15) is 0 Å². The second kappa shape index (κ2) is 7.24. The highest BCUT2D eigenvalue weighted by Crippen LogP contribution is 2.32. The highest BCUT2D eigenvalue weighted by Gasteiger charge is 2.20. The quantitative estimate of drug-likeness (QED) is 0.483. The fourth-order valence-electron chi connectivity index (χ4n) is 3.58. The molecule has 0 aliphatic heterocycles. The molecule has 2 nitrogen and oxygen atoms in total. The minimum Gasteiger partial charge on any atom is -0.271 e. The van der Waals surface area contributed by atoms with E-state index in [4.69, 9.17) is 5.84 Å². The lowest BCUT2D eigenvalue weighted by Crippen LogP contribution is -2.30. The number of aryl methyl sites for hydroxylation is 3. The zero-order valence-corrected chi connectivity index (χ0v) is 13.3. The molecule has 0 radical (unpaired) electrons. The summed E-state index contributed by atoms with van der Waals surface area (Å²) >= 11 is 0. The number of hydrazine groups is 1. The summed E-state index contributed by atoms with van der Waals surface area (Å²) in [5, 5.41) is 0. The fraction of sp³-hybridized carbons (Fsp3) is 0.667. The lowest BCUT2D eigenvalue weighted by molar-refractivity contribution is 0.358. The van der Waals surface area contributed by atoms with E-state index in [0.717, 1.165) is 5.92 Å². The molecular weight excluding hydrogens is 244 g/mol. The molecule has 20 heavy (non-hydrogen) atoms. The van der Waals surface area contributed by atoms with Crippen LogP contribution in [0, 0.1) is 26.7 Å². The highest BCUT2D eigenvalue weighted by atomic mass is 15.2. The molecule has 2 rings (SSSR count). The largest absolute Gasteiger partial charge is 0.271 e.